The van der Waals surface area contributed by atoms with Crippen LogP contribution in [0.1, 0.15) is 35.8 Å². The fourth-order valence-electron chi connectivity index (χ4n) is 2.84. The first-order valence-electron chi connectivity index (χ1n) is 7.42. The van der Waals surface area contributed by atoms with Gasteiger partial charge in [-0.1, -0.05) is 11.6 Å². The molecular formula is C16H17ClFNO2S. The zero-order valence-corrected chi connectivity index (χ0v) is 13.9. The summed E-state index contributed by atoms with van der Waals surface area (Å²) in [5.41, 5.74) is 2.88. The molecule has 0 radical (unpaired) electrons. The van der Waals surface area contributed by atoms with Crippen LogP contribution in [0.2, 0.25) is 5.02 Å². The van der Waals surface area contributed by atoms with E-state index in [1.807, 2.05) is 12.4 Å². The summed E-state index contributed by atoms with van der Waals surface area (Å²) >= 11 is 7.23. The molecule has 0 unspecified atom stereocenters. The first kappa shape index (κ1) is 15.6. The Kier molecular flexibility index (Phi) is 4.54. The highest BCUT2D eigenvalue weighted by atomic mass is 35.5. The second kappa shape index (κ2) is 6.42. The Bertz CT molecular complexity index is 684. The fraction of sp³-hybridized carbons (Fsp3) is 0.438. The lowest BCUT2D eigenvalue weighted by molar-refractivity contribution is -0.142. The van der Waals surface area contributed by atoms with Gasteiger partial charge in [0, 0.05) is 17.3 Å². The zero-order valence-electron chi connectivity index (χ0n) is 12.3. The number of hydrogen-bond acceptors (Lipinski definition) is 3. The second-order valence-corrected chi connectivity index (χ2v) is 6.80. The maximum atomic E-state index is 14.3. The van der Waals surface area contributed by atoms with E-state index in [1.165, 1.54) is 24.0 Å². The lowest BCUT2D eigenvalue weighted by atomic mass is 9.96. The van der Waals surface area contributed by atoms with Gasteiger partial charge in [0.15, 0.2) is 0 Å². The van der Waals surface area contributed by atoms with Crippen LogP contribution in [0.3, 0.4) is 0 Å². The molecule has 118 valence electrons. The van der Waals surface area contributed by atoms with Crippen LogP contribution in [0.5, 0.6) is 0 Å². The van der Waals surface area contributed by atoms with E-state index in [2.05, 4.69) is 0 Å². The molecule has 1 aliphatic rings. The van der Waals surface area contributed by atoms with Crippen LogP contribution in [0.25, 0.3) is 5.69 Å². The predicted molar refractivity (Wildman–Crippen MR) is 85.6 cm³/mol. The summed E-state index contributed by atoms with van der Waals surface area (Å²) in [6, 6.07) is 0. The predicted octanol–water partition coefficient (Wildman–Crippen LogP) is 4.32. The van der Waals surface area contributed by atoms with E-state index >= 15 is 0 Å². The minimum Gasteiger partial charge on any atom is -0.466 e. The van der Waals surface area contributed by atoms with Crippen LogP contribution in [-0.4, -0.2) is 17.1 Å². The third-order valence-electron chi connectivity index (χ3n) is 3.86. The average molecular weight is 342 g/mol. The maximum Gasteiger partial charge on any atom is 0.311 e. The van der Waals surface area contributed by atoms with Crippen molar-refractivity contribution in [3.05, 3.63) is 38.6 Å². The highest BCUT2D eigenvalue weighted by Crippen LogP contribution is 2.36. The molecule has 6 heteroatoms. The average Bonchev–Trinajstić information content (AvgIpc) is 3.00. The smallest absolute Gasteiger partial charge is 0.311 e. The Morgan fingerprint density at radius 2 is 2.00 bits per heavy atom. The van der Waals surface area contributed by atoms with Gasteiger partial charge in [0.25, 0.3) is 0 Å². The van der Waals surface area contributed by atoms with Crippen molar-refractivity contribution in [1.82, 2.24) is 4.57 Å². The van der Waals surface area contributed by atoms with Gasteiger partial charge in [-0.25, -0.2) is 0 Å². The van der Waals surface area contributed by atoms with Crippen molar-refractivity contribution in [3.8, 4) is 5.69 Å². The van der Waals surface area contributed by atoms with E-state index in [1.54, 1.807) is 11.5 Å². The molecule has 2 aromatic heterocycles. The Labute approximate surface area is 137 Å². The minimum atomic E-state index is -0.385. The van der Waals surface area contributed by atoms with Gasteiger partial charge in [-0.05, 0) is 43.7 Å². The molecule has 0 N–H and O–H groups in total. The van der Waals surface area contributed by atoms with Crippen molar-refractivity contribution in [2.75, 3.05) is 6.61 Å². The molecule has 1 aliphatic carbocycles. The summed E-state index contributed by atoms with van der Waals surface area (Å²) in [6.45, 7) is 2.05. The standard InChI is InChI=1S/C16H17ClFNO2S/c1-2-21-13(20)7-12-14(17)15(16(18)22-12)19-8-10-5-3-4-6-11(10)9-19/h8-9H,2-7H2,1H3. The summed E-state index contributed by atoms with van der Waals surface area (Å²) in [5, 5.41) is -0.0560. The van der Waals surface area contributed by atoms with Crippen LogP contribution in [0.4, 0.5) is 4.39 Å². The quantitative estimate of drug-likeness (QED) is 0.776. The van der Waals surface area contributed by atoms with Crippen molar-refractivity contribution >= 4 is 28.9 Å². The maximum absolute atomic E-state index is 14.3. The van der Waals surface area contributed by atoms with E-state index in [4.69, 9.17) is 16.3 Å². The van der Waals surface area contributed by atoms with Crippen LogP contribution in [0.15, 0.2) is 12.4 Å². The normalized spacial score (nSPS) is 14.0. The van der Waals surface area contributed by atoms with Gasteiger partial charge in [-0.2, -0.15) is 4.39 Å². The summed E-state index contributed by atoms with van der Waals surface area (Å²) in [7, 11) is 0. The summed E-state index contributed by atoms with van der Waals surface area (Å²) in [6.07, 6.45) is 8.33. The van der Waals surface area contributed by atoms with Crippen molar-refractivity contribution in [2.45, 2.75) is 39.0 Å². The third-order valence-corrected chi connectivity index (χ3v) is 5.35. The second-order valence-electron chi connectivity index (χ2n) is 5.37. The molecule has 0 aliphatic heterocycles. The van der Waals surface area contributed by atoms with E-state index < -0.39 is 0 Å². The van der Waals surface area contributed by atoms with Crippen LogP contribution in [0, 0.1) is 5.13 Å². The number of aromatic nitrogens is 1. The summed E-state index contributed by atoms with van der Waals surface area (Å²) < 4.78 is 21.0. The van der Waals surface area contributed by atoms with Gasteiger partial charge in [-0.3, -0.25) is 4.79 Å². The summed E-state index contributed by atoms with van der Waals surface area (Å²) in [4.78, 5) is 12.1. The molecule has 0 spiro atoms. The van der Waals surface area contributed by atoms with Gasteiger partial charge >= 0.3 is 5.97 Å². The molecule has 0 saturated carbocycles. The molecule has 3 rings (SSSR count). The zero-order chi connectivity index (χ0) is 15.7. The third kappa shape index (κ3) is 2.92. The van der Waals surface area contributed by atoms with E-state index in [9.17, 15) is 9.18 Å². The van der Waals surface area contributed by atoms with Gasteiger partial charge in [0.05, 0.1) is 18.1 Å². The van der Waals surface area contributed by atoms with Crippen molar-refractivity contribution < 1.29 is 13.9 Å². The molecule has 0 bridgehead atoms. The minimum absolute atomic E-state index is 0.00917. The Morgan fingerprint density at radius 1 is 1.36 bits per heavy atom. The number of hydrogen-bond donors (Lipinski definition) is 0. The number of nitrogens with zero attached hydrogens (tertiary/aromatic N) is 1. The number of carbonyl (C=O) groups excluding carboxylic acids is 1. The van der Waals surface area contributed by atoms with Gasteiger partial charge in [0.1, 0.15) is 5.69 Å². The lowest BCUT2D eigenvalue weighted by Crippen LogP contribution is -2.06. The van der Waals surface area contributed by atoms with Crippen molar-refractivity contribution in [3.63, 3.8) is 0 Å². The first-order valence-corrected chi connectivity index (χ1v) is 8.62. The van der Waals surface area contributed by atoms with Crippen LogP contribution >= 0.6 is 22.9 Å². The fourth-order valence-corrected chi connectivity index (χ4v) is 4.16. The Morgan fingerprint density at radius 3 is 2.59 bits per heavy atom. The molecule has 0 fully saturated rings. The van der Waals surface area contributed by atoms with Gasteiger partial charge in [-0.15, -0.1) is 11.3 Å². The molecule has 0 amide bonds. The number of ether oxygens (including phenoxy) is 1. The van der Waals surface area contributed by atoms with Crippen molar-refractivity contribution in [1.29, 1.82) is 0 Å². The first-order chi connectivity index (χ1) is 10.6. The molecule has 0 saturated heterocycles. The molecule has 2 heterocycles. The monoisotopic (exact) mass is 341 g/mol. The molecule has 3 nitrogen and oxygen atoms in total. The highest BCUT2D eigenvalue weighted by Gasteiger charge is 2.22. The summed E-state index contributed by atoms with van der Waals surface area (Å²) in [5.74, 6) is -0.385. The Balaban J connectivity index is 1.92. The lowest BCUT2D eigenvalue weighted by Gasteiger charge is -2.08. The molecule has 0 atom stereocenters. The van der Waals surface area contributed by atoms with Crippen molar-refractivity contribution in [2.24, 2.45) is 0 Å². The molecular weight excluding hydrogens is 325 g/mol. The number of thiophene rings is 1. The topological polar surface area (TPSA) is 31.2 Å². The molecule has 2 aromatic rings. The van der Waals surface area contributed by atoms with Gasteiger partial charge < -0.3 is 9.30 Å². The van der Waals surface area contributed by atoms with E-state index in [-0.39, 0.29) is 17.5 Å². The number of rotatable bonds is 4. The number of carbonyl (C=O) groups is 1. The SMILES string of the molecule is CCOC(=O)Cc1sc(F)c(-n2cc3c(c2)CCCC3)c1Cl. The van der Waals surface area contributed by atoms with E-state index in [0.717, 1.165) is 24.2 Å². The van der Waals surface area contributed by atoms with Crippen LogP contribution in [-0.2, 0) is 28.8 Å². The molecule has 0 aromatic carbocycles. The number of esters is 1. The largest absolute Gasteiger partial charge is 0.466 e. The van der Waals surface area contributed by atoms with E-state index in [0.29, 0.717) is 22.2 Å². The number of aryl methyl sites for hydroxylation is 2. The number of halogens is 2. The van der Waals surface area contributed by atoms with Crippen LogP contribution < -0.4 is 0 Å². The Hall–Kier alpha value is -1.33. The highest BCUT2D eigenvalue weighted by molar-refractivity contribution is 7.11. The molecule has 22 heavy (non-hydrogen) atoms. The number of fused-ring (bicyclic) bond motifs is 1. The van der Waals surface area contributed by atoms with Gasteiger partial charge in [0.2, 0.25) is 5.13 Å².